The van der Waals surface area contributed by atoms with E-state index < -0.39 is 34.8 Å². The number of nitrogens with zero attached hydrogens (tertiary/aromatic N) is 3. The number of urea groups is 1. The molecule has 2 amide bonds. The molecule has 1 aromatic heterocycles. The van der Waals surface area contributed by atoms with Gasteiger partial charge in [-0.1, -0.05) is 47.9 Å². The zero-order chi connectivity index (χ0) is 46.5. The molecule has 3 heterocycles. The van der Waals surface area contributed by atoms with Crippen LogP contribution in [0.25, 0.3) is 0 Å². The van der Waals surface area contributed by atoms with Crippen molar-refractivity contribution in [2.75, 3.05) is 51.9 Å². The summed E-state index contributed by atoms with van der Waals surface area (Å²) in [6.07, 6.45) is 16.9. The largest absolute Gasteiger partial charge is 0.463 e. The summed E-state index contributed by atoms with van der Waals surface area (Å²) in [7, 11) is 0. The Morgan fingerprint density at radius 3 is 2.52 bits per heavy atom. The van der Waals surface area contributed by atoms with Gasteiger partial charge >= 0.3 is 23.9 Å². The molecule has 1 aromatic rings. The molecule has 0 bridgehead atoms. The van der Waals surface area contributed by atoms with Gasteiger partial charge in [0.05, 0.1) is 57.3 Å². The highest BCUT2D eigenvalue weighted by Crippen LogP contribution is 2.34. The number of esters is 3. The summed E-state index contributed by atoms with van der Waals surface area (Å²) in [6.45, 7) is 12.9. The highest BCUT2D eigenvalue weighted by molar-refractivity contribution is 8.00. The molecule has 0 spiro atoms. The van der Waals surface area contributed by atoms with Crippen LogP contribution < -0.4 is 16.0 Å². The number of aromatic nitrogens is 3. The Hall–Kier alpha value is -4.62. The van der Waals surface area contributed by atoms with E-state index in [0.29, 0.717) is 56.6 Å². The second kappa shape index (κ2) is 26.4. The minimum absolute atomic E-state index is 0.0891. The number of fused-ring (bicyclic) bond motifs is 1. The lowest BCUT2D eigenvalue weighted by Gasteiger charge is -2.29. The maximum Gasteiger partial charge on any atom is 0.331 e. The predicted octanol–water partition coefficient (Wildman–Crippen LogP) is 4.61. The van der Waals surface area contributed by atoms with E-state index in [4.69, 9.17) is 23.7 Å². The van der Waals surface area contributed by atoms with E-state index in [9.17, 15) is 29.1 Å². The average Bonchev–Trinajstić information content (AvgIpc) is 3.95. The Labute approximate surface area is 381 Å². The first-order valence-corrected chi connectivity index (χ1v) is 23.1. The number of hydrogen-bond acceptors (Lipinski definition) is 15. The maximum atomic E-state index is 13.4. The van der Waals surface area contributed by atoms with E-state index in [1.54, 1.807) is 36.9 Å². The Morgan fingerprint density at radius 2 is 1.75 bits per heavy atom. The van der Waals surface area contributed by atoms with Crippen LogP contribution in [0.5, 0.6) is 0 Å². The summed E-state index contributed by atoms with van der Waals surface area (Å²) in [5.74, 6) is -0.928. The number of ether oxygens (including phenoxy) is 5. The summed E-state index contributed by atoms with van der Waals surface area (Å²) >= 11 is 1.87. The van der Waals surface area contributed by atoms with Gasteiger partial charge in [0.25, 0.3) is 0 Å². The highest BCUT2D eigenvalue weighted by atomic mass is 32.2. The van der Waals surface area contributed by atoms with E-state index in [1.807, 2.05) is 38.6 Å². The normalized spacial score (nSPS) is 26.0. The molecule has 0 unspecified atom stereocenters. The molecule has 17 nitrogen and oxygen atoms in total. The Balaban J connectivity index is 1.10. The minimum Gasteiger partial charge on any atom is -0.463 e. The van der Waals surface area contributed by atoms with Crippen molar-refractivity contribution in [1.29, 1.82) is 0 Å². The van der Waals surface area contributed by atoms with Crippen LogP contribution in [0.4, 0.5) is 4.79 Å². The van der Waals surface area contributed by atoms with Crippen LogP contribution in [-0.2, 0) is 56.0 Å². The minimum atomic E-state index is -1.71. The zero-order valence-electron chi connectivity index (χ0n) is 38.2. The Bertz CT molecular complexity index is 1880. The number of allylic oxidation sites excluding steroid dienone is 6. The van der Waals surface area contributed by atoms with Crippen LogP contribution in [0.15, 0.2) is 65.4 Å². The topological polar surface area (TPSA) is 219 Å². The lowest BCUT2D eigenvalue weighted by Crippen LogP contribution is -2.39. The van der Waals surface area contributed by atoms with Gasteiger partial charge in [0.2, 0.25) is 0 Å². The standard InChI is InChI=1S/C46H68N6O11S/c1-32(2)10-9-16-45(5)17-13-34(37(53)14-19-46(6,58)39(15-18-45)63-41(55)26-33(3)4)30-62-42(56)28-47-27-35-29-52(51-50-35)20-21-59-22-23-60-24-25-61-40(54)12-8-7-11-38-43-36(31-64-38)48-44(57)49-43/h10,13-15,18-19,26,29,36,38-39,43,47,58H,7-9,11-12,16-17,20-25,27-28,30-31H2,1-6H3,(H2,48,49,57)/b18-15+,19-14+,34-13-/t36-,38-,39+,43-,45-,46+/m0/s1. The highest BCUT2D eigenvalue weighted by Gasteiger charge is 2.42. The number of ketones is 1. The van der Waals surface area contributed by atoms with Crippen molar-refractivity contribution in [2.45, 2.75) is 129 Å². The van der Waals surface area contributed by atoms with Crippen molar-refractivity contribution in [3.8, 4) is 0 Å². The lowest BCUT2D eigenvalue weighted by molar-refractivity contribution is -0.149. The SMILES string of the molecule is CC(C)=CCC[C@]1(C)/C=C/[C@@H](OC(=O)C=C(C)C)[C@](C)(O)/C=C/C(=O)/C(COC(=O)CNCc2cn(CCOCCOCCOC(=O)CCCC[C@@H]3SC[C@@H]4NC(=O)N[C@@H]43)nn2)=C\C1. The second-order valence-corrected chi connectivity index (χ2v) is 18.6. The van der Waals surface area contributed by atoms with E-state index in [-0.39, 0.29) is 62.6 Å². The third-order valence-electron chi connectivity index (χ3n) is 10.8. The Kier molecular flexibility index (Phi) is 21.4. The Morgan fingerprint density at radius 1 is 0.984 bits per heavy atom. The monoisotopic (exact) mass is 912 g/mol. The van der Waals surface area contributed by atoms with Crippen molar-refractivity contribution >= 4 is 41.5 Å². The first-order chi connectivity index (χ1) is 30.5. The summed E-state index contributed by atoms with van der Waals surface area (Å²) in [5.41, 5.74) is 0.595. The van der Waals surface area contributed by atoms with Gasteiger partial charge in [0.1, 0.15) is 18.8 Å². The number of carbonyl (C=O) groups is 5. The molecule has 4 N–H and O–H groups in total. The van der Waals surface area contributed by atoms with Gasteiger partial charge in [-0.05, 0) is 90.4 Å². The fourth-order valence-electron chi connectivity index (χ4n) is 7.10. The van der Waals surface area contributed by atoms with Gasteiger partial charge in [-0.3, -0.25) is 14.4 Å². The fraction of sp³-hybridized carbons (Fsp3) is 0.630. The molecule has 18 heteroatoms. The van der Waals surface area contributed by atoms with E-state index in [1.165, 1.54) is 30.7 Å². The first kappa shape index (κ1) is 52.0. The molecule has 2 fully saturated rings. The van der Waals surface area contributed by atoms with Gasteiger partial charge in [-0.15, -0.1) is 5.10 Å². The van der Waals surface area contributed by atoms with Crippen LogP contribution in [0.1, 0.15) is 92.2 Å². The number of thioether (sulfide) groups is 1. The van der Waals surface area contributed by atoms with E-state index >= 15 is 0 Å². The second-order valence-electron chi connectivity index (χ2n) is 17.3. The number of unbranched alkanes of at least 4 members (excludes halogenated alkanes) is 1. The molecule has 2 saturated heterocycles. The van der Waals surface area contributed by atoms with Crippen LogP contribution in [0.3, 0.4) is 0 Å². The molecule has 3 aliphatic rings. The number of rotatable bonds is 25. The van der Waals surface area contributed by atoms with Gasteiger partial charge in [0, 0.05) is 41.8 Å². The number of carbonyl (C=O) groups excluding carboxylic acids is 5. The maximum absolute atomic E-state index is 13.4. The van der Waals surface area contributed by atoms with Crippen LogP contribution >= 0.6 is 11.8 Å². The molecular formula is C46H68N6O11S. The van der Waals surface area contributed by atoms with Crippen molar-refractivity contribution < 1.29 is 52.8 Å². The van der Waals surface area contributed by atoms with Gasteiger partial charge in [-0.25, -0.2) is 14.3 Å². The van der Waals surface area contributed by atoms with Gasteiger partial charge < -0.3 is 44.7 Å². The molecule has 0 aromatic carbocycles. The molecule has 4 rings (SSSR count). The van der Waals surface area contributed by atoms with Crippen LogP contribution in [0.2, 0.25) is 0 Å². The molecule has 64 heavy (non-hydrogen) atoms. The lowest BCUT2D eigenvalue weighted by atomic mass is 9.80. The molecule has 354 valence electrons. The van der Waals surface area contributed by atoms with Gasteiger partial charge in [0.15, 0.2) is 11.9 Å². The molecular weight excluding hydrogens is 845 g/mol. The van der Waals surface area contributed by atoms with Crippen molar-refractivity contribution in [3.05, 3.63) is 71.1 Å². The smallest absolute Gasteiger partial charge is 0.331 e. The summed E-state index contributed by atoms with van der Waals surface area (Å²) < 4.78 is 29.2. The third kappa shape index (κ3) is 18.8. The van der Waals surface area contributed by atoms with E-state index in [0.717, 1.165) is 37.0 Å². The number of nitrogens with one attached hydrogen (secondary N) is 3. The molecule has 6 atom stereocenters. The van der Waals surface area contributed by atoms with Crippen molar-refractivity contribution in [1.82, 2.24) is 30.9 Å². The fourth-order valence-corrected chi connectivity index (χ4v) is 8.64. The summed E-state index contributed by atoms with van der Waals surface area (Å²) in [6, 6.07) is 0.296. The average molecular weight is 913 g/mol. The number of aliphatic hydroxyl groups is 1. The van der Waals surface area contributed by atoms with Gasteiger partial charge in [-0.2, -0.15) is 11.8 Å². The van der Waals surface area contributed by atoms with Crippen LogP contribution in [0, 0.1) is 5.41 Å². The molecule has 0 radical (unpaired) electrons. The predicted molar refractivity (Wildman–Crippen MR) is 242 cm³/mol. The van der Waals surface area contributed by atoms with E-state index in [2.05, 4.69) is 32.3 Å². The first-order valence-electron chi connectivity index (χ1n) is 22.1. The van der Waals surface area contributed by atoms with Crippen molar-refractivity contribution in [3.63, 3.8) is 0 Å². The number of hydrogen-bond donors (Lipinski definition) is 4. The summed E-state index contributed by atoms with van der Waals surface area (Å²) in [4.78, 5) is 62.4. The number of amides is 2. The summed E-state index contributed by atoms with van der Waals surface area (Å²) in [5, 5.41) is 28.9. The molecule has 1 aliphatic carbocycles. The quantitative estimate of drug-likeness (QED) is 0.0263. The molecule has 0 saturated carbocycles. The molecule has 2 aliphatic heterocycles. The van der Waals surface area contributed by atoms with Crippen LogP contribution in [-0.4, -0.2) is 131 Å². The zero-order valence-corrected chi connectivity index (χ0v) is 39.0. The third-order valence-corrected chi connectivity index (χ3v) is 12.3. The van der Waals surface area contributed by atoms with Crippen molar-refractivity contribution in [2.24, 2.45) is 5.41 Å².